The summed E-state index contributed by atoms with van der Waals surface area (Å²) >= 11 is 0. The molecule has 0 unspecified atom stereocenters. The molecule has 0 atom stereocenters. The first-order valence-corrected chi connectivity index (χ1v) is 7.72. The highest BCUT2D eigenvalue weighted by Gasteiger charge is 2.27. The first-order chi connectivity index (χ1) is 8.39. The maximum Gasteiger partial charge on any atom is 0.0471 e. The number of hydrogen-bond donors (Lipinski definition) is 1. The van der Waals surface area contributed by atoms with Crippen molar-refractivity contribution in [2.75, 3.05) is 19.8 Å². The van der Waals surface area contributed by atoms with Crippen molar-refractivity contribution in [1.82, 2.24) is 5.32 Å². The van der Waals surface area contributed by atoms with Gasteiger partial charge in [0.1, 0.15) is 0 Å². The standard InChI is InChI=1S/C16H35NO/c1-7-10-12-18-13-11-16(8-2,9-3)14-17-15(4,5)6/h17H,7-14H2,1-6H3. The molecule has 0 heterocycles. The van der Waals surface area contributed by atoms with Crippen LogP contribution in [0.4, 0.5) is 0 Å². The van der Waals surface area contributed by atoms with Gasteiger partial charge in [0, 0.05) is 25.3 Å². The Morgan fingerprint density at radius 3 is 2.00 bits per heavy atom. The SMILES string of the molecule is CCCCOCCC(CC)(CC)CNC(C)(C)C. The third-order valence-corrected chi connectivity index (χ3v) is 3.91. The van der Waals surface area contributed by atoms with Gasteiger partial charge in [0.2, 0.25) is 0 Å². The quantitative estimate of drug-likeness (QED) is 0.586. The molecule has 0 amide bonds. The lowest BCUT2D eigenvalue weighted by Crippen LogP contribution is -2.44. The first kappa shape index (κ1) is 17.9. The van der Waals surface area contributed by atoms with Crippen molar-refractivity contribution in [1.29, 1.82) is 0 Å². The summed E-state index contributed by atoms with van der Waals surface area (Å²) in [7, 11) is 0. The molecular weight excluding hydrogens is 222 g/mol. The van der Waals surface area contributed by atoms with Crippen LogP contribution >= 0.6 is 0 Å². The lowest BCUT2D eigenvalue weighted by atomic mass is 9.79. The van der Waals surface area contributed by atoms with E-state index in [0.29, 0.717) is 5.41 Å². The monoisotopic (exact) mass is 257 g/mol. The van der Waals surface area contributed by atoms with E-state index >= 15 is 0 Å². The number of nitrogens with one attached hydrogen (secondary N) is 1. The van der Waals surface area contributed by atoms with Gasteiger partial charge in [-0.25, -0.2) is 0 Å². The van der Waals surface area contributed by atoms with Crippen molar-refractivity contribution in [2.24, 2.45) is 5.41 Å². The average molecular weight is 257 g/mol. The number of unbranched alkanes of at least 4 members (excludes halogenated alkanes) is 1. The molecule has 0 spiro atoms. The van der Waals surface area contributed by atoms with E-state index in [0.717, 1.165) is 19.8 Å². The van der Waals surface area contributed by atoms with Crippen LogP contribution in [0.3, 0.4) is 0 Å². The van der Waals surface area contributed by atoms with Gasteiger partial charge in [-0.2, -0.15) is 0 Å². The smallest absolute Gasteiger partial charge is 0.0471 e. The summed E-state index contributed by atoms with van der Waals surface area (Å²) in [6.07, 6.45) is 6.03. The van der Waals surface area contributed by atoms with Crippen LogP contribution in [0.5, 0.6) is 0 Å². The molecule has 0 aromatic carbocycles. The lowest BCUT2D eigenvalue weighted by molar-refractivity contribution is 0.0831. The van der Waals surface area contributed by atoms with E-state index < -0.39 is 0 Å². The molecule has 0 aliphatic carbocycles. The van der Waals surface area contributed by atoms with Gasteiger partial charge in [0.05, 0.1) is 0 Å². The summed E-state index contributed by atoms with van der Waals surface area (Å²) in [4.78, 5) is 0. The van der Waals surface area contributed by atoms with Crippen molar-refractivity contribution < 1.29 is 4.74 Å². The zero-order valence-electron chi connectivity index (χ0n) is 13.6. The molecule has 110 valence electrons. The maximum absolute atomic E-state index is 5.74. The largest absolute Gasteiger partial charge is 0.381 e. The summed E-state index contributed by atoms with van der Waals surface area (Å²) in [6.45, 7) is 16.5. The molecule has 0 rings (SSSR count). The van der Waals surface area contributed by atoms with Crippen molar-refractivity contribution in [2.45, 2.75) is 79.2 Å². The van der Waals surface area contributed by atoms with Crippen molar-refractivity contribution in [3.63, 3.8) is 0 Å². The average Bonchev–Trinajstić information content (AvgIpc) is 2.32. The zero-order valence-corrected chi connectivity index (χ0v) is 13.6. The van der Waals surface area contributed by atoms with Gasteiger partial charge in [-0.15, -0.1) is 0 Å². The second-order valence-corrected chi connectivity index (χ2v) is 6.53. The van der Waals surface area contributed by atoms with Crippen LogP contribution in [-0.4, -0.2) is 25.3 Å². The normalized spacial score (nSPS) is 13.0. The predicted molar refractivity (Wildman–Crippen MR) is 81.1 cm³/mol. The highest BCUT2D eigenvalue weighted by atomic mass is 16.5. The molecule has 2 heteroatoms. The fourth-order valence-corrected chi connectivity index (χ4v) is 2.03. The van der Waals surface area contributed by atoms with E-state index in [2.05, 4.69) is 46.9 Å². The van der Waals surface area contributed by atoms with Crippen LogP contribution in [-0.2, 0) is 4.74 Å². The van der Waals surface area contributed by atoms with Crippen LogP contribution in [0.25, 0.3) is 0 Å². The van der Waals surface area contributed by atoms with E-state index in [1.54, 1.807) is 0 Å². The number of hydrogen-bond acceptors (Lipinski definition) is 2. The molecule has 0 bridgehead atoms. The summed E-state index contributed by atoms with van der Waals surface area (Å²) in [6, 6.07) is 0. The molecule has 0 saturated heterocycles. The molecule has 2 nitrogen and oxygen atoms in total. The number of rotatable bonds is 10. The van der Waals surface area contributed by atoms with Crippen LogP contribution in [0.2, 0.25) is 0 Å². The Hall–Kier alpha value is -0.0800. The van der Waals surface area contributed by atoms with Gasteiger partial charge in [-0.3, -0.25) is 0 Å². The Morgan fingerprint density at radius 2 is 1.56 bits per heavy atom. The topological polar surface area (TPSA) is 21.3 Å². The van der Waals surface area contributed by atoms with Gasteiger partial charge in [-0.1, -0.05) is 27.2 Å². The molecule has 0 radical (unpaired) electrons. The van der Waals surface area contributed by atoms with Gasteiger partial charge >= 0.3 is 0 Å². The molecule has 0 aromatic rings. The van der Waals surface area contributed by atoms with E-state index in [9.17, 15) is 0 Å². The van der Waals surface area contributed by atoms with Gasteiger partial charge in [-0.05, 0) is 51.9 Å². The van der Waals surface area contributed by atoms with E-state index in [1.807, 2.05) is 0 Å². The Morgan fingerprint density at radius 1 is 0.944 bits per heavy atom. The van der Waals surface area contributed by atoms with Gasteiger partial charge in [0.25, 0.3) is 0 Å². The highest BCUT2D eigenvalue weighted by molar-refractivity contribution is 4.83. The maximum atomic E-state index is 5.74. The summed E-state index contributed by atoms with van der Waals surface area (Å²) in [5.41, 5.74) is 0.609. The van der Waals surface area contributed by atoms with Gasteiger partial charge in [0.15, 0.2) is 0 Å². The van der Waals surface area contributed by atoms with Gasteiger partial charge < -0.3 is 10.1 Å². The fraction of sp³-hybridized carbons (Fsp3) is 1.00. The van der Waals surface area contributed by atoms with Crippen LogP contribution in [0, 0.1) is 5.41 Å². The third-order valence-electron chi connectivity index (χ3n) is 3.91. The minimum Gasteiger partial charge on any atom is -0.381 e. The summed E-state index contributed by atoms with van der Waals surface area (Å²) in [5.74, 6) is 0. The Kier molecular flexibility index (Phi) is 8.89. The van der Waals surface area contributed by atoms with Crippen LogP contribution in [0.1, 0.15) is 73.6 Å². The van der Waals surface area contributed by atoms with Crippen molar-refractivity contribution in [3.8, 4) is 0 Å². The summed E-state index contributed by atoms with van der Waals surface area (Å²) in [5, 5.41) is 3.66. The minimum atomic E-state index is 0.207. The molecule has 18 heavy (non-hydrogen) atoms. The van der Waals surface area contributed by atoms with E-state index in [-0.39, 0.29) is 5.54 Å². The fourth-order valence-electron chi connectivity index (χ4n) is 2.03. The Bertz CT molecular complexity index is 192. The second kappa shape index (κ2) is 8.92. The van der Waals surface area contributed by atoms with Crippen molar-refractivity contribution in [3.05, 3.63) is 0 Å². The molecule has 0 aliphatic heterocycles. The van der Waals surface area contributed by atoms with Crippen molar-refractivity contribution >= 4 is 0 Å². The molecule has 0 fully saturated rings. The molecule has 0 aromatic heterocycles. The van der Waals surface area contributed by atoms with Crippen LogP contribution < -0.4 is 5.32 Å². The second-order valence-electron chi connectivity index (χ2n) is 6.53. The van der Waals surface area contributed by atoms with Crippen LogP contribution in [0.15, 0.2) is 0 Å². The number of ether oxygens (including phenoxy) is 1. The molecule has 1 N–H and O–H groups in total. The molecule has 0 saturated carbocycles. The zero-order chi connectivity index (χ0) is 14.1. The highest BCUT2D eigenvalue weighted by Crippen LogP contribution is 2.30. The Labute approximate surface area is 115 Å². The van der Waals surface area contributed by atoms with E-state index in [4.69, 9.17) is 4.74 Å². The molecule has 0 aliphatic rings. The lowest BCUT2D eigenvalue weighted by Gasteiger charge is -2.35. The Balaban J connectivity index is 4.09. The predicted octanol–water partition coefficient (Wildman–Crippen LogP) is 4.39. The molecular formula is C16H35NO. The first-order valence-electron chi connectivity index (χ1n) is 7.72. The van der Waals surface area contributed by atoms with E-state index in [1.165, 1.54) is 32.1 Å². The third kappa shape index (κ3) is 8.10. The minimum absolute atomic E-state index is 0.207. The summed E-state index contributed by atoms with van der Waals surface area (Å²) < 4.78 is 5.74.